The van der Waals surface area contributed by atoms with Crippen molar-refractivity contribution in [3.63, 3.8) is 0 Å². The van der Waals surface area contributed by atoms with E-state index < -0.39 is 11.6 Å². The normalized spacial score (nSPS) is 13.4. The molecule has 4 rings (SSSR count). The van der Waals surface area contributed by atoms with Crippen LogP contribution in [0.2, 0.25) is 0 Å². The zero-order valence-corrected chi connectivity index (χ0v) is 14.7. The standard InChI is InChI=1S/C18H13F2N3O3S/c19-10-7-12-15(8-11(10)20)27-18(21-12)22-16(24)5-6-23-13-3-1-2-4-14(13)26-9-17(23)25/h1-4,7-8H,5-6,9H2,(H,21,22,24). The van der Waals surface area contributed by atoms with Crippen LogP contribution in [0.25, 0.3) is 10.2 Å². The number of benzene rings is 2. The number of fused-ring (bicyclic) bond motifs is 2. The van der Waals surface area contributed by atoms with Crippen LogP contribution < -0.4 is 15.0 Å². The summed E-state index contributed by atoms with van der Waals surface area (Å²) in [4.78, 5) is 29.9. The number of rotatable bonds is 4. The zero-order valence-electron chi connectivity index (χ0n) is 13.9. The summed E-state index contributed by atoms with van der Waals surface area (Å²) in [6.07, 6.45) is 0.0404. The number of para-hydroxylation sites is 2. The number of ether oxygens (including phenoxy) is 1. The number of aromatic nitrogens is 1. The maximum absolute atomic E-state index is 13.3. The summed E-state index contributed by atoms with van der Waals surface area (Å²) in [6.45, 7) is 0.104. The number of thiazole rings is 1. The molecule has 0 bridgehead atoms. The highest BCUT2D eigenvalue weighted by Gasteiger charge is 2.25. The van der Waals surface area contributed by atoms with Gasteiger partial charge in [-0.1, -0.05) is 23.5 Å². The Morgan fingerprint density at radius 3 is 2.89 bits per heavy atom. The molecule has 0 radical (unpaired) electrons. The first-order valence-electron chi connectivity index (χ1n) is 8.09. The van der Waals surface area contributed by atoms with Crippen LogP contribution in [-0.2, 0) is 9.59 Å². The summed E-state index contributed by atoms with van der Waals surface area (Å²) < 4.78 is 32.3. The Labute approximate surface area is 156 Å². The third-order valence-electron chi connectivity index (χ3n) is 4.05. The van der Waals surface area contributed by atoms with Crippen LogP contribution in [0.4, 0.5) is 19.6 Å². The Balaban J connectivity index is 1.44. The van der Waals surface area contributed by atoms with Gasteiger partial charge in [-0.3, -0.25) is 9.59 Å². The van der Waals surface area contributed by atoms with Crippen molar-refractivity contribution in [1.82, 2.24) is 4.98 Å². The highest BCUT2D eigenvalue weighted by atomic mass is 32.1. The first-order chi connectivity index (χ1) is 13.0. The van der Waals surface area contributed by atoms with Crippen molar-refractivity contribution in [2.45, 2.75) is 6.42 Å². The van der Waals surface area contributed by atoms with Crippen LogP contribution in [0.15, 0.2) is 36.4 Å². The average molecular weight is 389 g/mol. The highest BCUT2D eigenvalue weighted by Crippen LogP contribution is 2.32. The van der Waals surface area contributed by atoms with Gasteiger partial charge in [-0.05, 0) is 18.2 Å². The topological polar surface area (TPSA) is 71.5 Å². The molecule has 0 saturated carbocycles. The monoisotopic (exact) mass is 389 g/mol. The number of nitrogens with one attached hydrogen (secondary N) is 1. The SMILES string of the molecule is O=C(CCN1C(=O)COc2ccccc21)Nc1nc2cc(F)c(F)cc2s1. The molecule has 0 fully saturated rings. The van der Waals surface area contributed by atoms with Gasteiger partial charge in [0.25, 0.3) is 5.91 Å². The third kappa shape index (κ3) is 3.45. The van der Waals surface area contributed by atoms with E-state index in [1.165, 1.54) is 4.90 Å². The molecule has 2 aromatic carbocycles. The van der Waals surface area contributed by atoms with Crippen molar-refractivity contribution >= 4 is 44.2 Å². The smallest absolute Gasteiger partial charge is 0.265 e. The van der Waals surface area contributed by atoms with Crippen LogP contribution in [-0.4, -0.2) is 29.9 Å². The minimum absolute atomic E-state index is 0.0404. The molecule has 0 spiro atoms. The van der Waals surface area contributed by atoms with Gasteiger partial charge in [-0.25, -0.2) is 13.8 Å². The van der Waals surface area contributed by atoms with Crippen molar-refractivity contribution in [3.05, 3.63) is 48.0 Å². The lowest BCUT2D eigenvalue weighted by Crippen LogP contribution is -2.40. The van der Waals surface area contributed by atoms with Gasteiger partial charge in [-0.15, -0.1) is 0 Å². The first-order valence-corrected chi connectivity index (χ1v) is 8.90. The minimum atomic E-state index is -0.991. The van der Waals surface area contributed by atoms with E-state index in [-0.39, 0.29) is 42.0 Å². The quantitative estimate of drug-likeness (QED) is 0.743. The van der Waals surface area contributed by atoms with Crippen LogP contribution in [0.1, 0.15) is 6.42 Å². The number of hydrogen-bond donors (Lipinski definition) is 1. The fraction of sp³-hybridized carbons (Fsp3) is 0.167. The van der Waals surface area contributed by atoms with E-state index in [2.05, 4.69) is 10.3 Å². The molecule has 138 valence electrons. The molecule has 0 atom stereocenters. The first kappa shape index (κ1) is 17.3. The van der Waals surface area contributed by atoms with Crippen molar-refractivity contribution in [1.29, 1.82) is 0 Å². The lowest BCUT2D eigenvalue weighted by Gasteiger charge is -2.29. The molecular weight excluding hydrogens is 376 g/mol. The molecule has 1 aromatic heterocycles. The summed E-state index contributed by atoms with van der Waals surface area (Å²) in [5.74, 6) is -1.95. The number of carbonyl (C=O) groups excluding carboxylic acids is 2. The van der Waals surface area contributed by atoms with Gasteiger partial charge in [0.2, 0.25) is 5.91 Å². The lowest BCUT2D eigenvalue weighted by atomic mass is 10.2. The molecule has 27 heavy (non-hydrogen) atoms. The fourth-order valence-corrected chi connectivity index (χ4v) is 3.66. The van der Waals surface area contributed by atoms with Gasteiger partial charge < -0.3 is 15.0 Å². The number of anilines is 2. The number of nitrogens with zero attached hydrogens (tertiary/aromatic N) is 2. The Morgan fingerprint density at radius 2 is 2.04 bits per heavy atom. The molecule has 2 amide bonds. The molecule has 0 unspecified atom stereocenters. The molecule has 2 heterocycles. The number of carbonyl (C=O) groups is 2. The fourth-order valence-electron chi connectivity index (χ4n) is 2.77. The van der Waals surface area contributed by atoms with E-state index >= 15 is 0 Å². The highest BCUT2D eigenvalue weighted by molar-refractivity contribution is 7.22. The van der Waals surface area contributed by atoms with E-state index in [4.69, 9.17) is 4.74 Å². The van der Waals surface area contributed by atoms with Gasteiger partial charge in [0.1, 0.15) is 5.75 Å². The minimum Gasteiger partial charge on any atom is -0.482 e. The van der Waals surface area contributed by atoms with Crippen molar-refractivity contribution < 1.29 is 23.1 Å². The number of hydrogen-bond acceptors (Lipinski definition) is 5. The number of amides is 2. The Bertz CT molecular complexity index is 1010. The Hall–Kier alpha value is -3.07. The second-order valence-electron chi connectivity index (χ2n) is 5.85. The summed E-state index contributed by atoms with van der Waals surface area (Å²) in [5.41, 5.74) is 0.888. The van der Waals surface area contributed by atoms with Crippen LogP contribution in [0.5, 0.6) is 5.75 Å². The summed E-state index contributed by atoms with van der Waals surface area (Å²) in [7, 11) is 0. The molecule has 0 saturated heterocycles. The summed E-state index contributed by atoms with van der Waals surface area (Å²) in [5, 5.41) is 2.85. The van der Waals surface area contributed by atoms with Gasteiger partial charge in [0.05, 0.1) is 15.9 Å². The third-order valence-corrected chi connectivity index (χ3v) is 4.98. The van der Waals surface area contributed by atoms with E-state index in [1.807, 2.05) is 0 Å². The van der Waals surface area contributed by atoms with Crippen LogP contribution in [0, 0.1) is 11.6 Å². The van der Waals surface area contributed by atoms with E-state index in [1.54, 1.807) is 24.3 Å². The molecule has 0 aliphatic carbocycles. The second kappa shape index (κ2) is 6.92. The van der Waals surface area contributed by atoms with Crippen LogP contribution >= 0.6 is 11.3 Å². The maximum atomic E-state index is 13.3. The molecule has 1 N–H and O–H groups in total. The molecule has 6 nitrogen and oxygen atoms in total. The van der Waals surface area contributed by atoms with Crippen molar-refractivity contribution in [3.8, 4) is 5.75 Å². The molecule has 1 aliphatic rings. The van der Waals surface area contributed by atoms with Crippen LogP contribution in [0.3, 0.4) is 0 Å². The molecule has 3 aromatic rings. The summed E-state index contributed by atoms with van der Waals surface area (Å²) in [6, 6.07) is 9.13. The zero-order chi connectivity index (χ0) is 19.0. The molecule has 9 heteroatoms. The predicted octanol–water partition coefficient (Wildman–Crippen LogP) is 3.33. The van der Waals surface area contributed by atoms with E-state index in [0.29, 0.717) is 16.1 Å². The van der Waals surface area contributed by atoms with Crippen molar-refractivity contribution in [2.24, 2.45) is 0 Å². The molecular formula is C18H13F2N3O3S. The largest absolute Gasteiger partial charge is 0.482 e. The van der Waals surface area contributed by atoms with Gasteiger partial charge in [-0.2, -0.15) is 0 Å². The van der Waals surface area contributed by atoms with Gasteiger partial charge in [0, 0.05) is 19.0 Å². The van der Waals surface area contributed by atoms with Gasteiger partial charge in [0.15, 0.2) is 23.4 Å². The second-order valence-corrected chi connectivity index (χ2v) is 6.88. The van der Waals surface area contributed by atoms with E-state index in [9.17, 15) is 18.4 Å². The summed E-state index contributed by atoms with van der Waals surface area (Å²) >= 11 is 1.05. The van der Waals surface area contributed by atoms with Gasteiger partial charge >= 0.3 is 0 Å². The Kier molecular flexibility index (Phi) is 4.44. The van der Waals surface area contributed by atoms with Crippen molar-refractivity contribution in [2.75, 3.05) is 23.4 Å². The van der Waals surface area contributed by atoms with E-state index in [0.717, 1.165) is 23.5 Å². The number of halogens is 2. The molecule has 1 aliphatic heterocycles. The Morgan fingerprint density at radius 1 is 1.26 bits per heavy atom. The lowest BCUT2D eigenvalue weighted by molar-refractivity contribution is -0.121. The average Bonchev–Trinajstić information content (AvgIpc) is 3.02. The maximum Gasteiger partial charge on any atom is 0.265 e. The predicted molar refractivity (Wildman–Crippen MR) is 97.1 cm³/mol.